The summed E-state index contributed by atoms with van der Waals surface area (Å²) >= 11 is 0. The maximum atomic E-state index is 13.9. The summed E-state index contributed by atoms with van der Waals surface area (Å²) in [4.78, 5) is 41.1. The van der Waals surface area contributed by atoms with Crippen LogP contribution >= 0.6 is 0 Å². The highest BCUT2D eigenvalue weighted by Gasteiger charge is 2.31. The molecule has 0 fully saturated rings. The number of benzene rings is 3. The normalized spacial score (nSPS) is 13.0. The number of phenols is 2. The lowest BCUT2D eigenvalue weighted by atomic mass is 9.78. The van der Waals surface area contributed by atoms with Crippen LogP contribution in [0.15, 0.2) is 54.6 Å². The van der Waals surface area contributed by atoms with Crippen molar-refractivity contribution in [3.8, 4) is 17.2 Å². The molecule has 1 unspecified atom stereocenters. The molecule has 0 saturated carbocycles. The average molecular weight is 701 g/mol. The van der Waals surface area contributed by atoms with Crippen molar-refractivity contribution in [1.29, 1.82) is 0 Å². The first kappa shape index (κ1) is 41.1. The minimum absolute atomic E-state index is 0.00473. The maximum Gasteiger partial charge on any atom is 0.288 e. The lowest BCUT2D eigenvalue weighted by Crippen LogP contribution is -2.54. The number of phenolic OH excluding ortho intramolecular Hbond substituents is 2. The standard InChI is InChI=1S/C43H60N2O6/c1-27(51-30-17-15-14-16-18-30)39(50)45(36(47)22-20-29-25-33(42(8,9)10)38(49)34(26-29)43(11,12)13)44-35(46)21-19-28-23-31(40(2,3)4)37(48)32(24-28)41(5,6)7/h14-18,23-27,48-49H,19-22H2,1-13H3,(H,44,46). The Bertz CT molecular complexity index is 1650. The second-order valence-electron chi connectivity index (χ2n) is 17.8. The van der Waals surface area contributed by atoms with Crippen molar-refractivity contribution < 1.29 is 29.3 Å². The highest BCUT2D eigenvalue weighted by molar-refractivity contribution is 5.99. The van der Waals surface area contributed by atoms with Crippen LogP contribution in [-0.4, -0.2) is 39.0 Å². The van der Waals surface area contributed by atoms with Crippen molar-refractivity contribution in [1.82, 2.24) is 10.4 Å². The van der Waals surface area contributed by atoms with Crippen molar-refractivity contribution in [3.63, 3.8) is 0 Å². The quantitative estimate of drug-likeness (QED) is 0.192. The van der Waals surface area contributed by atoms with Gasteiger partial charge >= 0.3 is 0 Å². The molecule has 0 saturated heterocycles. The fourth-order valence-electron chi connectivity index (χ4n) is 5.94. The lowest BCUT2D eigenvalue weighted by Gasteiger charge is -2.29. The molecule has 0 aliphatic carbocycles. The Balaban J connectivity index is 1.90. The van der Waals surface area contributed by atoms with Gasteiger partial charge in [0, 0.05) is 12.8 Å². The molecule has 0 radical (unpaired) electrons. The van der Waals surface area contributed by atoms with Crippen molar-refractivity contribution in [2.24, 2.45) is 0 Å². The Kier molecular flexibility index (Phi) is 12.5. The van der Waals surface area contributed by atoms with E-state index in [1.54, 1.807) is 31.2 Å². The summed E-state index contributed by atoms with van der Waals surface area (Å²) in [7, 11) is 0. The Labute approximate surface area is 305 Å². The van der Waals surface area contributed by atoms with Gasteiger partial charge in [0.05, 0.1) is 0 Å². The third-order valence-electron chi connectivity index (χ3n) is 8.95. The molecule has 0 aromatic heterocycles. The average Bonchev–Trinajstić information content (AvgIpc) is 3.00. The molecule has 0 aliphatic rings. The first-order valence-electron chi connectivity index (χ1n) is 17.9. The first-order chi connectivity index (χ1) is 23.3. The Morgan fingerprint density at radius 2 is 1.02 bits per heavy atom. The molecular formula is C43H60N2O6. The van der Waals surface area contributed by atoms with Crippen LogP contribution in [0.4, 0.5) is 0 Å². The number of amides is 3. The summed E-state index contributed by atoms with van der Waals surface area (Å²) in [5.74, 6) is -0.796. The molecule has 3 N–H and O–H groups in total. The summed E-state index contributed by atoms with van der Waals surface area (Å²) in [6.45, 7) is 25.9. The third-order valence-corrected chi connectivity index (χ3v) is 8.95. The number of para-hydroxylation sites is 1. The van der Waals surface area contributed by atoms with Gasteiger partial charge in [-0.25, -0.2) is 0 Å². The number of nitrogens with zero attached hydrogens (tertiary/aromatic N) is 1. The van der Waals surface area contributed by atoms with E-state index in [0.29, 0.717) is 12.2 Å². The van der Waals surface area contributed by atoms with Crippen LogP contribution in [0.1, 0.15) is 136 Å². The monoisotopic (exact) mass is 700 g/mol. The Morgan fingerprint density at radius 3 is 1.39 bits per heavy atom. The minimum Gasteiger partial charge on any atom is -0.507 e. The number of carbonyl (C=O) groups is 3. The molecular weight excluding hydrogens is 640 g/mol. The zero-order valence-electron chi connectivity index (χ0n) is 33.1. The van der Waals surface area contributed by atoms with Gasteiger partial charge in [-0.3, -0.25) is 19.8 Å². The van der Waals surface area contributed by atoms with Crippen LogP contribution in [0.25, 0.3) is 0 Å². The van der Waals surface area contributed by atoms with Gasteiger partial charge in [0.25, 0.3) is 5.91 Å². The van der Waals surface area contributed by atoms with Crippen LogP contribution in [0, 0.1) is 0 Å². The molecule has 51 heavy (non-hydrogen) atoms. The van der Waals surface area contributed by atoms with E-state index in [2.05, 4.69) is 5.43 Å². The lowest BCUT2D eigenvalue weighted by molar-refractivity contribution is -0.157. The second kappa shape index (κ2) is 15.5. The molecule has 1 atom stereocenters. The van der Waals surface area contributed by atoms with Gasteiger partial charge in [0.15, 0.2) is 6.10 Å². The van der Waals surface area contributed by atoms with Crippen LogP contribution in [0.2, 0.25) is 0 Å². The van der Waals surface area contributed by atoms with Crippen LogP contribution in [0.5, 0.6) is 17.2 Å². The summed E-state index contributed by atoms with van der Waals surface area (Å²) < 4.78 is 5.86. The van der Waals surface area contributed by atoms with Crippen molar-refractivity contribution in [3.05, 3.63) is 88.0 Å². The largest absolute Gasteiger partial charge is 0.507 e. The molecule has 3 aromatic rings. The summed E-state index contributed by atoms with van der Waals surface area (Å²) in [6, 6.07) is 16.5. The third kappa shape index (κ3) is 10.8. The highest BCUT2D eigenvalue weighted by atomic mass is 16.5. The fraction of sp³-hybridized carbons (Fsp3) is 0.512. The molecule has 3 aromatic carbocycles. The van der Waals surface area contributed by atoms with E-state index in [4.69, 9.17) is 4.74 Å². The van der Waals surface area contributed by atoms with Gasteiger partial charge in [-0.15, -0.1) is 0 Å². The minimum atomic E-state index is -1.06. The van der Waals surface area contributed by atoms with Gasteiger partial charge in [-0.2, -0.15) is 5.01 Å². The Hall–Kier alpha value is -4.33. The number of hydrogen-bond acceptors (Lipinski definition) is 6. The zero-order valence-corrected chi connectivity index (χ0v) is 33.1. The smallest absolute Gasteiger partial charge is 0.288 e. The zero-order chi connectivity index (χ0) is 38.7. The predicted octanol–water partition coefficient (Wildman–Crippen LogP) is 8.71. The number of rotatable bonds is 9. The highest BCUT2D eigenvalue weighted by Crippen LogP contribution is 2.41. The van der Waals surface area contributed by atoms with Gasteiger partial charge in [0.2, 0.25) is 11.8 Å². The summed E-state index contributed by atoms with van der Waals surface area (Å²) in [5.41, 5.74) is 6.12. The number of nitrogens with one attached hydrogen (secondary N) is 1. The van der Waals surface area contributed by atoms with E-state index in [9.17, 15) is 24.6 Å². The molecule has 8 nitrogen and oxygen atoms in total. The van der Waals surface area contributed by atoms with E-state index in [-0.39, 0.29) is 52.4 Å². The number of aromatic hydroxyl groups is 2. The molecule has 8 heteroatoms. The first-order valence-corrected chi connectivity index (χ1v) is 17.9. The molecule has 3 amide bonds. The number of hydrazine groups is 1. The van der Waals surface area contributed by atoms with E-state index < -0.39 is 23.8 Å². The van der Waals surface area contributed by atoms with Crippen molar-refractivity contribution >= 4 is 17.7 Å². The number of ether oxygens (including phenoxy) is 1. The Morgan fingerprint density at radius 1 is 0.647 bits per heavy atom. The van der Waals surface area contributed by atoms with Crippen molar-refractivity contribution in [2.75, 3.05) is 0 Å². The van der Waals surface area contributed by atoms with Gasteiger partial charge in [0.1, 0.15) is 17.2 Å². The SMILES string of the molecule is CC(Oc1ccccc1)C(=O)N(NC(=O)CCc1cc(C(C)(C)C)c(O)c(C(C)(C)C)c1)C(=O)CCc1cc(C(C)(C)C)c(O)c(C(C)(C)C)c1. The van der Waals surface area contributed by atoms with Crippen LogP contribution in [-0.2, 0) is 48.9 Å². The second-order valence-corrected chi connectivity index (χ2v) is 17.8. The number of imide groups is 1. The van der Waals surface area contributed by atoms with E-state index in [1.165, 1.54) is 0 Å². The van der Waals surface area contributed by atoms with Crippen LogP contribution in [0.3, 0.4) is 0 Å². The molecule has 0 aliphatic heterocycles. The van der Waals surface area contributed by atoms with Crippen LogP contribution < -0.4 is 10.2 Å². The molecule has 0 bridgehead atoms. The van der Waals surface area contributed by atoms with Crippen molar-refractivity contribution in [2.45, 2.75) is 143 Å². The summed E-state index contributed by atoms with van der Waals surface area (Å²) in [6.07, 6.45) is -0.499. The maximum absolute atomic E-state index is 13.9. The van der Waals surface area contributed by atoms with Gasteiger partial charge in [-0.05, 0) is 86.9 Å². The molecule has 3 rings (SSSR count). The number of hydrogen-bond donors (Lipinski definition) is 3. The molecule has 0 heterocycles. The fourth-order valence-corrected chi connectivity index (χ4v) is 5.94. The predicted molar refractivity (Wildman–Crippen MR) is 204 cm³/mol. The number of aryl methyl sites for hydroxylation is 2. The van der Waals surface area contributed by atoms with Gasteiger partial charge < -0.3 is 14.9 Å². The van der Waals surface area contributed by atoms with E-state index >= 15 is 0 Å². The molecule has 0 spiro atoms. The topological polar surface area (TPSA) is 116 Å². The van der Waals surface area contributed by atoms with E-state index in [1.807, 2.05) is 113 Å². The summed E-state index contributed by atoms with van der Waals surface area (Å²) in [5, 5.41) is 23.1. The molecule has 278 valence electrons. The van der Waals surface area contributed by atoms with Gasteiger partial charge in [-0.1, -0.05) is 126 Å². The number of carbonyl (C=O) groups excluding carboxylic acids is 3. The van der Waals surface area contributed by atoms with E-state index in [0.717, 1.165) is 38.4 Å².